The summed E-state index contributed by atoms with van der Waals surface area (Å²) in [5.41, 5.74) is 2.82. The van der Waals surface area contributed by atoms with Crippen LogP contribution >= 0.6 is 0 Å². The fourth-order valence-corrected chi connectivity index (χ4v) is 2.57. The van der Waals surface area contributed by atoms with E-state index in [0.717, 1.165) is 34.7 Å². The largest absolute Gasteiger partial charge is 0.454 e. The van der Waals surface area contributed by atoms with Gasteiger partial charge in [-0.25, -0.2) is 0 Å². The highest BCUT2D eigenvalue weighted by atomic mass is 16.7. The number of anilines is 1. The van der Waals surface area contributed by atoms with Crippen molar-refractivity contribution in [2.75, 3.05) is 18.2 Å². The summed E-state index contributed by atoms with van der Waals surface area (Å²) in [4.78, 5) is 6.65. The molecule has 2 aromatic carbocycles. The molecule has 3 aromatic rings. The van der Waals surface area contributed by atoms with E-state index in [4.69, 9.17) is 13.9 Å². The Bertz CT molecular complexity index is 780. The fourth-order valence-electron chi connectivity index (χ4n) is 2.57. The monoisotopic (exact) mass is 296 g/mol. The highest BCUT2D eigenvalue weighted by Gasteiger charge is 2.16. The lowest BCUT2D eigenvalue weighted by Crippen LogP contribution is -2.22. The molecule has 2 heterocycles. The molecule has 0 N–H and O–H groups in total. The number of oxazole rings is 1. The normalized spacial score (nSPS) is 12.8. The third-order valence-corrected chi connectivity index (χ3v) is 3.75. The molecule has 4 rings (SSSR count). The van der Waals surface area contributed by atoms with Gasteiger partial charge in [-0.1, -0.05) is 18.2 Å². The van der Waals surface area contributed by atoms with Gasteiger partial charge in [0.15, 0.2) is 17.1 Å². The average molecular weight is 296 g/mol. The maximum absolute atomic E-state index is 5.84. The molecule has 0 unspecified atom stereocenters. The van der Waals surface area contributed by atoms with Crippen LogP contribution in [0.15, 0.2) is 46.9 Å². The van der Waals surface area contributed by atoms with Crippen LogP contribution in [0.2, 0.25) is 0 Å². The lowest BCUT2D eigenvalue weighted by Gasteiger charge is -2.18. The van der Waals surface area contributed by atoms with Crippen LogP contribution in [-0.4, -0.2) is 18.3 Å². The minimum absolute atomic E-state index is 0.293. The van der Waals surface area contributed by atoms with Gasteiger partial charge < -0.3 is 18.8 Å². The molecule has 1 aliphatic heterocycles. The van der Waals surface area contributed by atoms with E-state index in [1.165, 1.54) is 0 Å². The topological polar surface area (TPSA) is 47.7 Å². The number of fused-ring (bicyclic) bond motifs is 2. The van der Waals surface area contributed by atoms with Crippen LogP contribution in [0.1, 0.15) is 12.5 Å². The first-order valence-electron chi connectivity index (χ1n) is 7.32. The van der Waals surface area contributed by atoms with Gasteiger partial charge in [0.1, 0.15) is 5.52 Å². The van der Waals surface area contributed by atoms with Crippen LogP contribution in [0, 0.1) is 0 Å². The summed E-state index contributed by atoms with van der Waals surface area (Å²) in [6.07, 6.45) is 0. The third kappa shape index (κ3) is 2.24. The van der Waals surface area contributed by atoms with Crippen LogP contribution in [0.3, 0.4) is 0 Å². The predicted molar refractivity (Wildman–Crippen MR) is 83.3 cm³/mol. The molecule has 0 saturated carbocycles. The Hall–Kier alpha value is -2.69. The summed E-state index contributed by atoms with van der Waals surface area (Å²) >= 11 is 0. The van der Waals surface area contributed by atoms with Gasteiger partial charge in [-0.05, 0) is 36.8 Å². The van der Waals surface area contributed by atoms with Gasteiger partial charge in [0, 0.05) is 13.1 Å². The molecular formula is C17H16N2O3. The van der Waals surface area contributed by atoms with Gasteiger partial charge in [-0.15, -0.1) is 0 Å². The number of para-hydroxylation sites is 2. The Morgan fingerprint density at radius 3 is 2.82 bits per heavy atom. The van der Waals surface area contributed by atoms with Crippen molar-refractivity contribution in [1.29, 1.82) is 0 Å². The van der Waals surface area contributed by atoms with Crippen molar-refractivity contribution in [2.24, 2.45) is 0 Å². The van der Waals surface area contributed by atoms with Gasteiger partial charge >= 0.3 is 0 Å². The smallest absolute Gasteiger partial charge is 0.298 e. The fraction of sp³-hybridized carbons (Fsp3) is 0.235. The number of ether oxygens (including phenoxy) is 2. The first kappa shape index (κ1) is 13.0. The molecule has 0 fully saturated rings. The lowest BCUT2D eigenvalue weighted by molar-refractivity contribution is 0.174. The highest BCUT2D eigenvalue weighted by Crippen LogP contribution is 2.33. The SMILES string of the molecule is CCN(Cc1ccc2c(c1)OCO2)c1nc2ccccc2o1. The Labute approximate surface area is 128 Å². The lowest BCUT2D eigenvalue weighted by atomic mass is 10.2. The van der Waals surface area contributed by atoms with E-state index < -0.39 is 0 Å². The molecule has 5 heteroatoms. The summed E-state index contributed by atoms with van der Waals surface area (Å²) in [5.74, 6) is 1.60. The quantitative estimate of drug-likeness (QED) is 0.736. The number of hydrogen-bond acceptors (Lipinski definition) is 5. The summed E-state index contributed by atoms with van der Waals surface area (Å²) in [7, 11) is 0. The summed E-state index contributed by atoms with van der Waals surface area (Å²) < 4.78 is 16.6. The molecule has 1 aromatic heterocycles. The van der Waals surface area contributed by atoms with Crippen molar-refractivity contribution in [1.82, 2.24) is 4.98 Å². The van der Waals surface area contributed by atoms with Crippen molar-refractivity contribution in [3.63, 3.8) is 0 Å². The van der Waals surface area contributed by atoms with E-state index in [0.29, 0.717) is 19.4 Å². The second-order valence-electron chi connectivity index (χ2n) is 5.17. The molecule has 0 amide bonds. The molecule has 1 aliphatic rings. The maximum atomic E-state index is 5.84. The number of aromatic nitrogens is 1. The molecule has 0 saturated heterocycles. The summed E-state index contributed by atoms with van der Waals surface area (Å²) in [5, 5.41) is 0. The third-order valence-electron chi connectivity index (χ3n) is 3.75. The van der Waals surface area contributed by atoms with Gasteiger partial charge in [0.25, 0.3) is 6.01 Å². The second-order valence-corrected chi connectivity index (χ2v) is 5.17. The zero-order valence-electron chi connectivity index (χ0n) is 12.3. The van der Waals surface area contributed by atoms with Crippen LogP contribution in [0.5, 0.6) is 11.5 Å². The van der Waals surface area contributed by atoms with E-state index in [2.05, 4.69) is 16.8 Å². The minimum Gasteiger partial charge on any atom is -0.454 e. The van der Waals surface area contributed by atoms with Crippen molar-refractivity contribution in [3.8, 4) is 11.5 Å². The Kier molecular flexibility index (Phi) is 3.11. The zero-order valence-corrected chi connectivity index (χ0v) is 12.3. The Balaban J connectivity index is 1.61. The van der Waals surface area contributed by atoms with E-state index in [9.17, 15) is 0 Å². The van der Waals surface area contributed by atoms with Crippen molar-refractivity contribution >= 4 is 17.1 Å². The van der Waals surface area contributed by atoms with Crippen LogP contribution < -0.4 is 14.4 Å². The number of nitrogens with zero attached hydrogens (tertiary/aromatic N) is 2. The van der Waals surface area contributed by atoms with Gasteiger partial charge in [0.05, 0.1) is 0 Å². The molecule has 22 heavy (non-hydrogen) atoms. The van der Waals surface area contributed by atoms with Crippen molar-refractivity contribution in [2.45, 2.75) is 13.5 Å². The minimum atomic E-state index is 0.293. The molecule has 0 atom stereocenters. The summed E-state index contributed by atoms with van der Waals surface area (Å²) in [6, 6.07) is 14.4. The molecule has 5 nitrogen and oxygen atoms in total. The number of hydrogen-bond donors (Lipinski definition) is 0. The van der Waals surface area contributed by atoms with E-state index in [-0.39, 0.29) is 0 Å². The van der Waals surface area contributed by atoms with Crippen molar-refractivity contribution in [3.05, 3.63) is 48.0 Å². The van der Waals surface area contributed by atoms with Crippen LogP contribution in [-0.2, 0) is 6.54 Å². The first-order chi connectivity index (χ1) is 10.8. The van der Waals surface area contributed by atoms with Crippen molar-refractivity contribution < 1.29 is 13.9 Å². The average Bonchev–Trinajstić information content (AvgIpc) is 3.18. The maximum Gasteiger partial charge on any atom is 0.298 e. The molecule has 0 spiro atoms. The standard InChI is InChI=1S/C17H16N2O3/c1-2-19(17-18-13-5-3-4-6-14(13)22-17)10-12-7-8-15-16(9-12)21-11-20-15/h3-9H,2,10-11H2,1H3. The van der Waals surface area contributed by atoms with E-state index in [1.54, 1.807) is 0 Å². The molecule has 0 aliphatic carbocycles. The first-order valence-corrected chi connectivity index (χ1v) is 7.32. The molecule has 0 bridgehead atoms. The van der Waals surface area contributed by atoms with E-state index >= 15 is 0 Å². The van der Waals surface area contributed by atoms with Gasteiger partial charge in [0.2, 0.25) is 6.79 Å². The van der Waals surface area contributed by atoms with Gasteiger partial charge in [-0.3, -0.25) is 0 Å². The summed E-state index contributed by atoms with van der Waals surface area (Å²) in [6.45, 7) is 3.89. The molecular weight excluding hydrogens is 280 g/mol. The number of benzene rings is 2. The molecule has 112 valence electrons. The highest BCUT2D eigenvalue weighted by molar-refractivity contribution is 5.74. The number of rotatable bonds is 4. The Morgan fingerprint density at radius 1 is 1.09 bits per heavy atom. The second kappa shape index (κ2) is 5.26. The van der Waals surface area contributed by atoms with Crippen LogP contribution in [0.4, 0.5) is 6.01 Å². The Morgan fingerprint density at radius 2 is 1.95 bits per heavy atom. The van der Waals surface area contributed by atoms with Gasteiger partial charge in [-0.2, -0.15) is 4.98 Å². The molecule has 0 radical (unpaired) electrons. The van der Waals surface area contributed by atoms with Crippen LogP contribution in [0.25, 0.3) is 11.1 Å². The van der Waals surface area contributed by atoms with E-state index in [1.807, 2.05) is 42.5 Å². The predicted octanol–water partition coefficient (Wildman–Crippen LogP) is 3.58. The zero-order chi connectivity index (χ0) is 14.9.